The van der Waals surface area contributed by atoms with Crippen molar-refractivity contribution in [1.82, 2.24) is 14.9 Å². The van der Waals surface area contributed by atoms with E-state index < -0.39 is 0 Å². The van der Waals surface area contributed by atoms with Crippen LogP contribution in [0.4, 0.5) is 0 Å². The fourth-order valence-corrected chi connectivity index (χ4v) is 3.81. The van der Waals surface area contributed by atoms with E-state index in [1.54, 1.807) is 0 Å². The van der Waals surface area contributed by atoms with Gasteiger partial charge in [0.1, 0.15) is 5.82 Å². The molecule has 0 spiro atoms. The Bertz CT molecular complexity index is 1060. The second kappa shape index (κ2) is 9.13. The molecule has 1 aromatic heterocycles. The van der Waals surface area contributed by atoms with Crippen LogP contribution in [0, 0.1) is 0 Å². The van der Waals surface area contributed by atoms with Crippen molar-refractivity contribution in [3.63, 3.8) is 0 Å². The van der Waals surface area contributed by atoms with E-state index in [-0.39, 0.29) is 5.56 Å². The van der Waals surface area contributed by atoms with E-state index in [4.69, 9.17) is 14.5 Å². The molecule has 0 fully saturated rings. The molecule has 0 saturated heterocycles. The second-order valence-electron chi connectivity index (χ2n) is 7.31. The molecule has 0 unspecified atom stereocenters. The Hall–Kier alpha value is -3.12. The van der Waals surface area contributed by atoms with Crippen molar-refractivity contribution in [1.29, 1.82) is 0 Å². The Morgan fingerprint density at radius 2 is 1.80 bits per heavy atom. The second-order valence-corrected chi connectivity index (χ2v) is 7.31. The van der Waals surface area contributed by atoms with E-state index in [1.165, 1.54) is 0 Å². The lowest BCUT2D eigenvalue weighted by Crippen LogP contribution is -2.35. The molecule has 2 aromatic carbocycles. The van der Waals surface area contributed by atoms with E-state index in [9.17, 15) is 4.79 Å². The van der Waals surface area contributed by atoms with Crippen LogP contribution < -0.4 is 15.0 Å². The number of nitrogens with one attached hydrogen (secondary N) is 1. The SMILES string of the molecule is CCOc1ccc(CN2CCc3c(nc(-c4ccccc4)[nH]c3=O)C2)cc1OCC. The van der Waals surface area contributed by atoms with Crippen molar-refractivity contribution in [2.75, 3.05) is 19.8 Å². The summed E-state index contributed by atoms with van der Waals surface area (Å²) in [5.41, 5.74) is 3.70. The normalized spacial score (nSPS) is 13.7. The number of aromatic amines is 1. The summed E-state index contributed by atoms with van der Waals surface area (Å²) in [5, 5.41) is 0. The van der Waals surface area contributed by atoms with Gasteiger partial charge in [-0.1, -0.05) is 36.4 Å². The highest BCUT2D eigenvalue weighted by Crippen LogP contribution is 2.29. The summed E-state index contributed by atoms with van der Waals surface area (Å²) < 4.78 is 11.4. The third-order valence-corrected chi connectivity index (χ3v) is 5.21. The van der Waals surface area contributed by atoms with Gasteiger partial charge >= 0.3 is 0 Å². The zero-order chi connectivity index (χ0) is 20.9. The summed E-state index contributed by atoms with van der Waals surface area (Å²) >= 11 is 0. The summed E-state index contributed by atoms with van der Waals surface area (Å²) in [6.07, 6.45) is 0.697. The lowest BCUT2D eigenvalue weighted by atomic mass is 10.0. The van der Waals surface area contributed by atoms with Crippen LogP contribution in [0.5, 0.6) is 11.5 Å². The number of H-pyrrole nitrogens is 1. The van der Waals surface area contributed by atoms with E-state index in [2.05, 4.69) is 16.0 Å². The number of aromatic nitrogens is 2. The van der Waals surface area contributed by atoms with Gasteiger partial charge in [-0.3, -0.25) is 9.69 Å². The zero-order valence-electron chi connectivity index (χ0n) is 17.5. The molecule has 1 N–H and O–H groups in total. The highest BCUT2D eigenvalue weighted by molar-refractivity contribution is 5.54. The molecular formula is C24H27N3O3. The molecule has 1 aliphatic heterocycles. The highest BCUT2D eigenvalue weighted by Gasteiger charge is 2.22. The monoisotopic (exact) mass is 405 g/mol. The van der Waals surface area contributed by atoms with Crippen LogP contribution in [0.25, 0.3) is 11.4 Å². The molecule has 2 heterocycles. The third-order valence-electron chi connectivity index (χ3n) is 5.21. The van der Waals surface area contributed by atoms with Gasteiger partial charge in [0.25, 0.3) is 5.56 Å². The van der Waals surface area contributed by atoms with Crippen molar-refractivity contribution in [2.24, 2.45) is 0 Å². The molecule has 30 heavy (non-hydrogen) atoms. The van der Waals surface area contributed by atoms with E-state index >= 15 is 0 Å². The Balaban J connectivity index is 1.55. The average Bonchev–Trinajstić information content (AvgIpc) is 2.76. The number of rotatable bonds is 7. The molecular weight excluding hydrogens is 378 g/mol. The standard InChI is InChI=1S/C24H27N3O3/c1-3-29-21-11-10-17(14-22(21)30-4-2)15-27-13-12-19-20(16-27)25-23(26-24(19)28)18-8-6-5-7-9-18/h5-11,14H,3-4,12-13,15-16H2,1-2H3,(H,25,26,28). The first-order valence-corrected chi connectivity index (χ1v) is 10.5. The first-order chi connectivity index (χ1) is 14.7. The average molecular weight is 405 g/mol. The first-order valence-electron chi connectivity index (χ1n) is 10.5. The van der Waals surface area contributed by atoms with Crippen molar-refractivity contribution >= 4 is 0 Å². The smallest absolute Gasteiger partial charge is 0.254 e. The minimum atomic E-state index is -0.0294. The molecule has 0 aliphatic carbocycles. The van der Waals surface area contributed by atoms with E-state index in [0.29, 0.717) is 32.0 Å². The third kappa shape index (κ3) is 4.39. The van der Waals surface area contributed by atoms with Gasteiger partial charge in [-0.2, -0.15) is 0 Å². The maximum absolute atomic E-state index is 12.6. The van der Waals surface area contributed by atoms with E-state index in [0.717, 1.165) is 47.0 Å². The molecule has 4 rings (SSSR count). The predicted octanol–water partition coefficient (Wildman–Crippen LogP) is 3.79. The summed E-state index contributed by atoms with van der Waals surface area (Å²) in [6.45, 7) is 7.36. The van der Waals surface area contributed by atoms with Crippen molar-refractivity contribution < 1.29 is 9.47 Å². The Morgan fingerprint density at radius 1 is 1.03 bits per heavy atom. The van der Waals surface area contributed by atoms with Crippen LogP contribution in [0.1, 0.15) is 30.7 Å². The molecule has 6 nitrogen and oxygen atoms in total. The lowest BCUT2D eigenvalue weighted by molar-refractivity contribution is 0.239. The molecule has 0 radical (unpaired) electrons. The van der Waals surface area contributed by atoms with Crippen molar-refractivity contribution in [2.45, 2.75) is 33.4 Å². The van der Waals surface area contributed by atoms with Crippen molar-refractivity contribution in [3.05, 3.63) is 75.7 Å². The number of ether oxygens (including phenoxy) is 2. The fraction of sp³-hybridized carbons (Fsp3) is 0.333. The summed E-state index contributed by atoms with van der Waals surface area (Å²) in [6, 6.07) is 15.9. The summed E-state index contributed by atoms with van der Waals surface area (Å²) in [4.78, 5) is 22.6. The van der Waals surface area contributed by atoms with Gasteiger partial charge in [0.2, 0.25) is 0 Å². The van der Waals surface area contributed by atoms with Gasteiger partial charge in [0.05, 0.1) is 18.9 Å². The molecule has 1 aliphatic rings. The van der Waals surface area contributed by atoms with E-state index in [1.807, 2.05) is 56.3 Å². The Labute approximate surface area is 176 Å². The number of hydrogen-bond acceptors (Lipinski definition) is 5. The minimum Gasteiger partial charge on any atom is -0.490 e. The molecule has 0 saturated carbocycles. The molecule has 3 aromatic rings. The molecule has 6 heteroatoms. The van der Waals surface area contributed by atoms with Crippen LogP contribution in [0.15, 0.2) is 53.3 Å². The van der Waals surface area contributed by atoms with Gasteiger partial charge in [-0.15, -0.1) is 0 Å². The van der Waals surface area contributed by atoms with Gasteiger partial charge in [-0.05, 0) is 38.0 Å². The van der Waals surface area contributed by atoms with Crippen LogP contribution >= 0.6 is 0 Å². The highest BCUT2D eigenvalue weighted by atomic mass is 16.5. The van der Waals surface area contributed by atoms with Crippen LogP contribution in [-0.2, 0) is 19.5 Å². The number of hydrogen-bond donors (Lipinski definition) is 1. The largest absolute Gasteiger partial charge is 0.490 e. The topological polar surface area (TPSA) is 67.5 Å². The zero-order valence-corrected chi connectivity index (χ0v) is 17.5. The summed E-state index contributed by atoms with van der Waals surface area (Å²) in [5.74, 6) is 2.17. The maximum atomic E-state index is 12.6. The van der Waals surface area contributed by atoms with Crippen molar-refractivity contribution in [3.8, 4) is 22.9 Å². The minimum absolute atomic E-state index is 0.0294. The van der Waals surface area contributed by atoms with Crippen LogP contribution in [-0.4, -0.2) is 34.6 Å². The number of nitrogens with zero attached hydrogens (tertiary/aromatic N) is 2. The molecule has 0 atom stereocenters. The lowest BCUT2D eigenvalue weighted by Gasteiger charge is -2.28. The Kier molecular flexibility index (Phi) is 6.14. The van der Waals surface area contributed by atoms with Crippen LogP contribution in [0.3, 0.4) is 0 Å². The van der Waals surface area contributed by atoms with Gasteiger partial charge in [-0.25, -0.2) is 4.98 Å². The van der Waals surface area contributed by atoms with Gasteiger partial charge < -0.3 is 14.5 Å². The fourth-order valence-electron chi connectivity index (χ4n) is 3.81. The molecule has 0 amide bonds. The van der Waals surface area contributed by atoms with Gasteiger partial charge in [0.15, 0.2) is 11.5 Å². The first kappa shape index (κ1) is 20.2. The number of benzene rings is 2. The molecule has 156 valence electrons. The predicted molar refractivity (Wildman–Crippen MR) is 117 cm³/mol. The quantitative estimate of drug-likeness (QED) is 0.648. The van der Waals surface area contributed by atoms with Gasteiger partial charge in [0, 0.05) is 30.8 Å². The Morgan fingerprint density at radius 3 is 2.57 bits per heavy atom. The summed E-state index contributed by atoms with van der Waals surface area (Å²) in [7, 11) is 0. The number of fused-ring (bicyclic) bond motifs is 1. The maximum Gasteiger partial charge on any atom is 0.254 e. The molecule has 0 bridgehead atoms. The van der Waals surface area contributed by atoms with Crippen LogP contribution in [0.2, 0.25) is 0 Å².